The van der Waals surface area contributed by atoms with Gasteiger partial charge in [-0.15, -0.1) is 12.4 Å². The molecule has 3 unspecified atom stereocenters. The van der Waals surface area contributed by atoms with E-state index in [0.717, 1.165) is 5.75 Å². The molecule has 0 aliphatic heterocycles. The Morgan fingerprint density at radius 3 is 2.30 bits per heavy atom. The monoisotopic (exact) mass is 300 g/mol. The van der Waals surface area contributed by atoms with Crippen molar-refractivity contribution < 1.29 is 9.53 Å². The van der Waals surface area contributed by atoms with Gasteiger partial charge in [-0.05, 0) is 32.9 Å². The summed E-state index contributed by atoms with van der Waals surface area (Å²) in [6, 6.07) is 7.71. The fourth-order valence-corrected chi connectivity index (χ4v) is 1.53. The number of halogens is 1. The van der Waals surface area contributed by atoms with Crippen molar-refractivity contribution >= 4 is 18.3 Å². The van der Waals surface area contributed by atoms with Gasteiger partial charge < -0.3 is 15.8 Å². The van der Waals surface area contributed by atoms with E-state index >= 15 is 0 Å². The van der Waals surface area contributed by atoms with Crippen LogP contribution < -0.4 is 15.8 Å². The molecular formula is C15H25ClN2O2. The van der Waals surface area contributed by atoms with E-state index in [4.69, 9.17) is 10.5 Å². The van der Waals surface area contributed by atoms with Gasteiger partial charge in [-0.2, -0.15) is 0 Å². The first-order valence-corrected chi connectivity index (χ1v) is 6.66. The minimum absolute atomic E-state index is 0. The van der Waals surface area contributed by atoms with Crippen LogP contribution in [-0.4, -0.2) is 24.6 Å². The van der Waals surface area contributed by atoms with Crippen LogP contribution in [-0.2, 0) is 4.79 Å². The molecule has 5 heteroatoms. The number of ether oxygens (including phenoxy) is 1. The topological polar surface area (TPSA) is 64.3 Å². The van der Waals surface area contributed by atoms with E-state index in [-0.39, 0.29) is 36.4 Å². The number of nitrogens with one attached hydrogen (secondary N) is 1. The zero-order valence-electron chi connectivity index (χ0n) is 12.6. The molecule has 0 fully saturated rings. The highest BCUT2D eigenvalue weighted by molar-refractivity contribution is 5.85. The summed E-state index contributed by atoms with van der Waals surface area (Å²) < 4.78 is 5.71. The normalized spacial score (nSPS) is 14.7. The van der Waals surface area contributed by atoms with Gasteiger partial charge >= 0.3 is 0 Å². The summed E-state index contributed by atoms with van der Waals surface area (Å²) in [5.41, 5.74) is 6.88. The maximum Gasteiger partial charge on any atom is 0.224 e. The summed E-state index contributed by atoms with van der Waals surface area (Å²) >= 11 is 0. The summed E-state index contributed by atoms with van der Waals surface area (Å²) in [6.07, 6.45) is -0.0769. The molecule has 0 bridgehead atoms. The Bertz CT molecular complexity index is 407. The highest BCUT2D eigenvalue weighted by atomic mass is 35.5. The molecular weight excluding hydrogens is 276 g/mol. The third-order valence-corrected chi connectivity index (χ3v) is 3.12. The second-order valence-corrected chi connectivity index (χ2v) is 5.13. The van der Waals surface area contributed by atoms with Gasteiger partial charge in [0.15, 0.2) is 0 Å². The predicted octanol–water partition coefficient (Wildman–Crippen LogP) is 2.28. The quantitative estimate of drug-likeness (QED) is 0.847. The van der Waals surface area contributed by atoms with E-state index in [1.807, 2.05) is 52.0 Å². The zero-order valence-corrected chi connectivity index (χ0v) is 13.4. The molecule has 1 aromatic rings. The van der Waals surface area contributed by atoms with Crippen LogP contribution in [0.15, 0.2) is 24.3 Å². The van der Waals surface area contributed by atoms with Crippen LogP contribution in [0.25, 0.3) is 0 Å². The van der Waals surface area contributed by atoms with Crippen molar-refractivity contribution in [1.29, 1.82) is 0 Å². The number of benzene rings is 1. The summed E-state index contributed by atoms with van der Waals surface area (Å²) in [7, 11) is 0. The fraction of sp³-hybridized carbons (Fsp3) is 0.533. The van der Waals surface area contributed by atoms with Gasteiger partial charge in [0.05, 0.1) is 6.54 Å². The van der Waals surface area contributed by atoms with Crippen molar-refractivity contribution in [2.45, 2.75) is 39.8 Å². The van der Waals surface area contributed by atoms with Gasteiger partial charge in [0.1, 0.15) is 11.9 Å². The zero-order chi connectivity index (χ0) is 14.4. The SMILES string of the molecule is Cc1ccc(OC(C)CNC(=O)C(C)C(C)N)cc1.Cl. The number of carbonyl (C=O) groups excluding carboxylic acids is 1. The van der Waals surface area contributed by atoms with E-state index < -0.39 is 0 Å². The maximum absolute atomic E-state index is 11.7. The van der Waals surface area contributed by atoms with Crippen LogP contribution in [0, 0.1) is 12.8 Å². The molecule has 3 N–H and O–H groups in total. The number of carbonyl (C=O) groups is 1. The molecule has 0 radical (unpaired) electrons. The summed E-state index contributed by atoms with van der Waals surface area (Å²) in [5, 5.41) is 2.85. The molecule has 1 amide bonds. The number of hydrogen-bond acceptors (Lipinski definition) is 3. The molecule has 1 aromatic carbocycles. The first-order chi connectivity index (χ1) is 8.90. The van der Waals surface area contributed by atoms with Gasteiger partial charge in [0, 0.05) is 12.0 Å². The Labute approximate surface area is 127 Å². The van der Waals surface area contributed by atoms with Crippen molar-refractivity contribution in [2.75, 3.05) is 6.54 Å². The minimum Gasteiger partial charge on any atom is -0.489 e. The van der Waals surface area contributed by atoms with Crippen LogP contribution in [0.2, 0.25) is 0 Å². The van der Waals surface area contributed by atoms with Gasteiger partial charge in [0.2, 0.25) is 5.91 Å². The molecule has 114 valence electrons. The van der Waals surface area contributed by atoms with Crippen molar-refractivity contribution in [3.8, 4) is 5.75 Å². The Morgan fingerprint density at radius 2 is 1.80 bits per heavy atom. The summed E-state index contributed by atoms with van der Waals surface area (Å²) in [4.78, 5) is 11.7. The second-order valence-electron chi connectivity index (χ2n) is 5.13. The van der Waals surface area contributed by atoms with Gasteiger partial charge in [-0.3, -0.25) is 4.79 Å². The highest BCUT2D eigenvalue weighted by Gasteiger charge is 2.17. The predicted molar refractivity (Wildman–Crippen MR) is 84.3 cm³/mol. The Kier molecular flexibility index (Phi) is 8.26. The lowest BCUT2D eigenvalue weighted by Gasteiger charge is -2.19. The van der Waals surface area contributed by atoms with Gasteiger partial charge in [-0.25, -0.2) is 0 Å². The molecule has 0 aliphatic rings. The Morgan fingerprint density at radius 1 is 1.25 bits per heavy atom. The number of rotatable bonds is 6. The summed E-state index contributed by atoms with van der Waals surface area (Å²) in [6.45, 7) is 8.09. The first-order valence-electron chi connectivity index (χ1n) is 6.66. The standard InChI is InChI=1S/C15H24N2O2.ClH/c1-10-5-7-14(8-6-10)19-11(2)9-17-15(18)12(3)13(4)16;/h5-8,11-13H,9,16H2,1-4H3,(H,17,18);1H. The molecule has 0 spiro atoms. The Balaban J connectivity index is 0.00000361. The molecule has 0 aliphatic carbocycles. The van der Waals surface area contributed by atoms with Crippen molar-refractivity contribution in [1.82, 2.24) is 5.32 Å². The van der Waals surface area contributed by atoms with Crippen LogP contribution in [0.5, 0.6) is 5.75 Å². The number of nitrogens with two attached hydrogens (primary N) is 1. The Hall–Kier alpha value is -1.26. The minimum atomic E-state index is -0.188. The third-order valence-electron chi connectivity index (χ3n) is 3.12. The maximum atomic E-state index is 11.7. The molecule has 1 rings (SSSR count). The third kappa shape index (κ3) is 6.26. The number of aryl methyl sites for hydroxylation is 1. The lowest BCUT2D eigenvalue weighted by atomic mass is 10.0. The average Bonchev–Trinajstić information content (AvgIpc) is 2.37. The molecule has 0 saturated carbocycles. The largest absolute Gasteiger partial charge is 0.489 e. The number of amides is 1. The fourth-order valence-electron chi connectivity index (χ4n) is 1.53. The van der Waals surface area contributed by atoms with Crippen LogP contribution in [0.1, 0.15) is 26.3 Å². The first kappa shape index (κ1) is 18.7. The van der Waals surface area contributed by atoms with E-state index in [2.05, 4.69) is 5.32 Å². The van der Waals surface area contributed by atoms with Crippen molar-refractivity contribution in [3.05, 3.63) is 29.8 Å². The van der Waals surface area contributed by atoms with E-state index in [1.54, 1.807) is 0 Å². The van der Waals surface area contributed by atoms with Crippen LogP contribution in [0.4, 0.5) is 0 Å². The van der Waals surface area contributed by atoms with Crippen LogP contribution in [0.3, 0.4) is 0 Å². The van der Waals surface area contributed by atoms with Crippen molar-refractivity contribution in [3.63, 3.8) is 0 Å². The smallest absolute Gasteiger partial charge is 0.224 e. The lowest BCUT2D eigenvalue weighted by Crippen LogP contribution is -2.42. The lowest BCUT2D eigenvalue weighted by molar-refractivity contribution is -0.125. The van der Waals surface area contributed by atoms with Crippen molar-refractivity contribution in [2.24, 2.45) is 11.7 Å². The van der Waals surface area contributed by atoms with E-state index in [0.29, 0.717) is 6.54 Å². The van der Waals surface area contributed by atoms with E-state index in [9.17, 15) is 4.79 Å². The van der Waals surface area contributed by atoms with Gasteiger partial charge in [-0.1, -0.05) is 24.6 Å². The average molecular weight is 301 g/mol. The molecule has 20 heavy (non-hydrogen) atoms. The van der Waals surface area contributed by atoms with E-state index in [1.165, 1.54) is 5.56 Å². The van der Waals surface area contributed by atoms with Gasteiger partial charge in [0.25, 0.3) is 0 Å². The molecule has 3 atom stereocenters. The highest BCUT2D eigenvalue weighted by Crippen LogP contribution is 2.13. The molecule has 0 saturated heterocycles. The molecule has 0 aromatic heterocycles. The number of hydrogen-bond donors (Lipinski definition) is 2. The molecule has 4 nitrogen and oxygen atoms in total. The van der Waals surface area contributed by atoms with Crippen LogP contribution >= 0.6 is 12.4 Å². The second kappa shape index (κ2) is 8.82. The molecule has 0 heterocycles. The summed E-state index contributed by atoms with van der Waals surface area (Å²) in [5.74, 6) is 0.591.